The van der Waals surface area contributed by atoms with Crippen LogP contribution in [0.1, 0.15) is 55.5 Å². The fourth-order valence-corrected chi connectivity index (χ4v) is 4.87. The van der Waals surface area contributed by atoms with Crippen molar-refractivity contribution in [2.45, 2.75) is 58.2 Å². The summed E-state index contributed by atoms with van der Waals surface area (Å²) in [5.74, 6) is 0.184. The maximum absolute atomic E-state index is 14.0. The highest BCUT2D eigenvalue weighted by Gasteiger charge is 2.38. The number of ketones is 1. The molecular weight excluding hydrogens is 498 g/mol. The van der Waals surface area contributed by atoms with E-state index in [-0.39, 0.29) is 36.6 Å². The highest BCUT2D eigenvalue weighted by Crippen LogP contribution is 2.38. The number of rotatable bonds is 12. The van der Waals surface area contributed by atoms with Gasteiger partial charge in [-0.15, -0.1) is 0 Å². The molecule has 0 saturated carbocycles. The minimum Gasteiger partial charge on any atom is -0.493 e. The lowest BCUT2D eigenvalue weighted by atomic mass is 9.96. The molecule has 2 aromatic carbocycles. The van der Waals surface area contributed by atoms with E-state index >= 15 is 0 Å². The molecule has 1 fully saturated rings. The van der Waals surface area contributed by atoms with Gasteiger partial charge in [0, 0.05) is 5.56 Å². The lowest BCUT2D eigenvalue weighted by Crippen LogP contribution is -2.56. The zero-order chi connectivity index (χ0) is 28.5. The quantitative estimate of drug-likeness (QED) is 0.407. The van der Waals surface area contributed by atoms with Gasteiger partial charge in [0.15, 0.2) is 17.3 Å². The van der Waals surface area contributed by atoms with Crippen LogP contribution in [0, 0.1) is 5.92 Å². The number of nitrogens with two attached hydrogens (primary N) is 1. The molecule has 1 heterocycles. The van der Waals surface area contributed by atoms with Crippen molar-refractivity contribution in [3.05, 3.63) is 53.6 Å². The van der Waals surface area contributed by atoms with Crippen molar-refractivity contribution in [2.75, 3.05) is 34.4 Å². The Morgan fingerprint density at radius 1 is 1.03 bits per heavy atom. The summed E-state index contributed by atoms with van der Waals surface area (Å²) in [5.41, 5.74) is 7.54. The van der Waals surface area contributed by atoms with E-state index in [9.17, 15) is 14.4 Å². The summed E-state index contributed by atoms with van der Waals surface area (Å²) in [5, 5.41) is 0. The van der Waals surface area contributed by atoms with Crippen LogP contribution in [-0.4, -0.2) is 73.9 Å². The predicted octanol–water partition coefficient (Wildman–Crippen LogP) is 3.68. The smallest absolute Gasteiger partial charge is 0.246 e. The van der Waals surface area contributed by atoms with Crippen molar-refractivity contribution in [3.8, 4) is 17.2 Å². The fraction of sp³-hybridized carbons (Fsp3) is 0.500. The van der Waals surface area contributed by atoms with E-state index in [0.29, 0.717) is 35.8 Å². The van der Waals surface area contributed by atoms with Gasteiger partial charge in [-0.1, -0.05) is 57.0 Å². The number of methoxy groups -OCH3 is 3. The van der Waals surface area contributed by atoms with E-state index in [1.807, 2.05) is 49.1 Å². The van der Waals surface area contributed by atoms with Crippen molar-refractivity contribution in [1.82, 2.24) is 9.80 Å². The molecule has 0 aliphatic carbocycles. The van der Waals surface area contributed by atoms with Gasteiger partial charge < -0.3 is 19.9 Å². The third kappa shape index (κ3) is 7.16. The lowest BCUT2D eigenvalue weighted by molar-refractivity contribution is -0.151. The van der Waals surface area contributed by atoms with Crippen molar-refractivity contribution in [3.63, 3.8) is 0 Å². The number of hydrogen-bond donors (Lipinski definition) is 1. The molecule has 3 atom stereocenters. The molecule has 1 aliphatic rings. The molecule has 2 N–H and O–H groups in total. The summed E-state index contributed by atoms with van der Waals surface area (Å²) in [6.45, 7) is 4.60. The summed E-state index contributed by atoms with van der Waals surface area (Å²) in [7, 11) is 4.49. The zero-order valence-corrected chi connectivity index (χ0v) is 23.6. The van der Waals surface area contributed by atoms with Crippen LogP contribution >= 0.6 is 0 Å². The van der Waals surface area contributed by atoms with Crippen LogP contribution in [0.5, 0.6) is 17.2 Å². The topological polar surface area (TPSA) is 111 Å². The third-order valence-electron chi connectivity index (χ3n) is 7.49. The Kier molecular flexibility index (Phi) is 10.9. The molecular formula is C30H41N3O6. The summed E-state index contributed by atoms with van der Waals surface area (Å²) in [6.07, 6.45) is 2.96. The molecule has 0 spiro atoms. The van der Waals surface area contributed by atoms with Gasteiger partial charge in [0.2, 0.25) is 17.6 Å². The number of likely N-dealkylation sites (tertiary alicyclic amines) is 1. The molecule has 39 heavy (non-hydrogen) atoms. The van der Waals surface area contributed by atoms with E-state index in [1.54, 1.807) is 12.1 Å². The van der Waals surface area contributed by atoms with Crippen LogP contribution < -0.4 is 19.9 Å². The zero-order valence-electron chi connectivity index (χ0n) is 23.6. The van der Waals surface area contributed by atoms with E-state index in [4.69, 9.17) is 19.9 Å². The monoisotopic (exact) mass is 539 g/mol. The largest absolute Gasteiger partial charge is 0.493 e. The second-order valence-electron chi connectivity index (χ2n) is 9.98. The van der Waals surface area contributed by atoms with Gasteiger partial charge in [-0.2, -0.15) is 0 Å². The van der Waals surface area contributed by atoms with Gasteiger partial charge >= 0.3 is 0 Å². The molecule has 0 aromatic heterocycles. The number of piperidine rings is 1. The number of carbonyl (C=O) groups is 3. The Bertz CT molecular complexity index is 1110. The predicted molar refractivity (Wildman–Crippen MR) is 149 cm³/mol. The molecule has 1 aliphatic heterocycles. The molecule has 2 aromatic rings. The van der Waals surface area contributed by atoms with Crippen molar-refractivity contribution in [1.29, 1.82) is 0 Å². The highest BCUT2D eigenvalue weighted by molar-refractivity contribution is 6.01. The number of carbonyl (C=O) groups excluding carboxylic acids is 3. The number of ether oxygens (including phenoxy) is 3. The van der Waals surface area contributed by atoms with E-state index < -0.39 is 12.1 Å². The number of nitrogens with zero attached hydrogens (tertiary/aromatic N) is 2. The van der Waals surface area contributed by atoms with Crippen LogP contribution in [0.3, 0.4) is 0 Å². The number of amides is 2. The maximum atomic E-state index is 14.0. The molecule has 2 amide bonds. The highest BCUT2D eigenvalue weighted by atomic mass is 16.5. The Labute approximate surface area is 231 Å². The van der Waals surface area contributed by atoms with Crippen LogP contribution in [0.4, 0.5) is 0 Å². The summed E-state index contributed by atoms with van der Waals surface area (Å²) in [4.78, 5) is 44.2. The second-order valence-corrected chi connectivity index (χ2v) is 9.98. The molecule has 1 saturated heterocycles. The van der Waals surface area contributed by atoms with Crippen molar-refractivity contribution in [2.24, 2.45) is 11.7 Å². The number of imide groups is 1. The molecule has 0 unspecified atom stereocenters. The molecule has 3 rings (SSSR count). The SMILES string of the molecule is CC[C@H](C)[C@H](N)C(=O)N(Cc1ccccc1)C(=O)[C@@H]1CCCCN1CC(=O)c1cc(OC)c(OC)c(OC)c1. The first-order valence-corrected chi connectivity index (χ1v) is 13.5. The minimum atomic E-state index is -0.791. The first kappa shape index (κ1) is 30.1. The molecule has 0 bridgehead atoms. The number of Topliss-reactive ketones (excluding diaryl/α,β-unsaturated/α-hetero) is 1. The van der Waals surface area contributed by atoms with Gasteiger partial charge in [0.25, 0.3) is 0 Å². The Balaban J connectivity index is 1.88. The molecule has 9 nitrogen and oxygen atoms in total. The average Bonchev–Trinajstić information content (AvgIpc) is 2.98. The molecule has 212 valence electrons. The molecule has 0 radical (unpaired) electrons. The standard InChI is InChI=1S/C30H41N3O6/c1-6-20(2)27(31)30(36)33(18-21-12-8-7-9-13-21)29(35)23-14-10-11-15-32(23)19-24(34)22-16-25(37-3)28(39-5)26(17-22)38-4/h7-9,12-13,16-17,20,23,27H,6,10-11,14-15,18-19,31H2,1-5H3/t20-,23-,27-/m0/s1. The van der Waals surface area contributed by atoms with Crippen LogP contribution in [-0.2, 0) is 16.1 Å². The van der Waals surface area contributed by atoms with Crippen LogP contribution in [0.2, 0.25) is 0 Å². The minimum absolute atomic E-state index is 0.0137. The van der Waals surface area contributed by atoms with Crippen molar-refractivity contribution < 1.29 is 28.6 Å². The Morgan fingerprint density at radius 3 is 2.23 bits per heavy atom. The Hall–Kier alpha value is -3.43. The van der Waals surface area contributed by atoms with Gasteiger partial charge in [-0.25, -0.2) is 0 Å². The van der Waals surface area contributed by atoms with Gasteiger partial charge in [0.05, 0.1) is 46.5 Å². The summed E-state index contributed by atoms with van der Waals surface area (Å²) < 4.78 is 16.2. The van der Waals surface area contributed by atoms with Crippen LogP contribution in [0.25, 0.3) is 0 Å². The first-order chi connectivity index (χ1) is 18.7. The maximum Gasteiger partial charge on any atom is 0.246 e. The fourth-order valence-electron chi connectivity index (χ4n) is 4.87. The number of benzene rings is 2. The van der Waals surface area contributed by atoms with Gasteiger partial charge in [-0.3, -0.25) is 24.2 Å². The van der Waals surface area contributed by atoms with Crippen LogP contribution in [0.15, 0.2) is 42.5 Å². The van der Waals surface area contributed by atoms with E-state index in [2.05, 4.69) is 0 Å². The Morgan fingerprint density at radius 2 is 1.67 bits per heavy atom. The third-order valence-corrected chi connectivity index (χ3v) is 7.49. The second kappa shape index (κ2) is 14.1. The normalized spacial score (nSPS) is 17.1. The van der Waals surface area contributed by atoms with Gasteiger partial charge in [-0.05, 0) is 43.0 Å². The molecule has 9 heteroatoms. The van der Waals surface area contributed by atoms with E-state index in [0.717, 1.165) is 24.8 Å². The summed E-state index contributed by atoms with van der Waals surface area (Å²) >= 11 is 0. The van der Waals surface area contributed by atoms with E-state index in [1.165, 1.54) is 26.2 Å². The van der Waals surface area contributed by atoms with Gasteiger partial charge in [0.1, 0.15) is 0 Å². The van der Waals surface area contributed by atoms with Crippen molar-refractivity contribution >= 4 is 17.6 Å². The first-order valence-electron chi connectivity index (χ1n) is 13.5. The average molecular weight is 540 g/mol. The summed E-state index contributed by atoms with van der Waals surface area (Å²) in [6, 6.07) is 11.2. The number of hydrogen-bond acceptors (Lipinski definition) is 8. The lowest BCUT2D eigenvalue weighted by Gasteiger charge is -2.37.